The number of anilines is 1. The number of thioether (sulfide) groups is 1. The standard InChI is InChI=1S/C21H21NO3S/c1-3-13-25-17-12-8-11-16(14-17)22-20(23)18(15-9-6-5-7-10-15)19(21(22)24)26-4-2/h5-12,14H,3-4,13H2,1-2H3. The molecule has 1 heterocycles. The lowest BCUT2D eigenvalue weighted by Gasteiger charge is -2.16. The van der Waals surface area contributed by atoms with Crippen LogP contribution >= 0.6 is 11.8 Å². The number of nitrogens with zero attached hydrogens (tertiary/aromatic N) is 1. The molecule has 4 nitrogen and oxygen atoms in total. The maximum atomic E-state index is 13.1. The third-order valence-electron chi connectivity index (χ3n) is 3.94. The summed E-state index contributed by atoms with van der Waals surface area (Å²) in [5.74, 6) is 0.819. The number of imide groups is 1. The molecule has 0 spiro atoms. The van der Waals surface area contributed by atoms with Gasteiger partial charge in [0.1, 0.15) is 5.75 Å². The zero-order valence-electron chi connectivity index (χ0n) is 14.9. The molecule has 0 saturated carbocycles. The zero-order chi connectivity index (χ0) is 18.5. The first-order valence-corrected chi connectivity index (χ1v) is 9.70. The van der Waals surface area contributed by atoms with Crippen LogP contribution in [0.2, 0.25) is 0 Å². The Kier molecular flexibility index (Phi) is 5.78. The van der Waals surface area contributed by atoms with Crippen LogP contribution in [0.5, 0.6) is 5.75 Å². The van der Waals surface area contributed by atoms with Crippen molar-refractivity contribution in [1.29, 1.82) is 0 Å². The average Bonchev–Trinajstić information content (AvgIpc) is 2.91. The lowest BCUT2D eigenvalue weighted by Crippen LogP contribution is -2.31. The topological polar surface area (TPSA) is 46.6 Å². The van der Waals surface area contributed by atoms with Crippen LogP contribution < -0.4 is 9.64 Å². The summed E-state index contributed by atoms with van der Waals surface area (Å²) in [5, 5.41) is 0. The molecule has 2 aromatic carbocycles. The van der Waals surface area contributed by atoms with E-state index in [1.807, 2.05) is 50.2 Å². The fraction of sp³-hybridized carbons (Fsp3) is 0.238. The molecule has 2 aromatic rings. The third-order valence-corrected chi connectivity index (χ3v) is 4.90. The van der Waals surface area contributed by atoms with Crippen molar-refractivity contribution >= 4 is 34.8 Å². The highest BCUT2D eigenvalue weighted by Gasteiger charge is 2.40. The van der Waals surface area contributed by atoms with E-state index in [0.29, 0.717) is 28.5 Å². The second-order valence-electron chi connectivity index (χ2n) is 5.79. The Labute approximate surface area is 157 Å². The van der Waals surface area contributed by atoms with Gasteiger partial charge in [-0.1, -0.05) is 50.2 Å². The molecule has 2 amide bonds. The van der Waals surface area contributed by atoms with Gasteiger partial charge in [-0.2, -0.15) is 0 Å². The van der Waals surface area contributed by atoms with Gasteiger partial charge in [0.25, 0.3) is 11.8 Å². The average molecular weight is 367 g/mol. The van der Waals surface area contributed by atoms with Gasteiger partial charge >= 0.3 is 0 Å². The highest BCUT2D eigenvalue weighted by Crippen LogP contribution is 2.38. The van der Waals surface area contributed by atoms with E-state index < -0.39 is 0 Å². The highest BCUT2D eigenvalue weighted by atomic mass is 32.2. The van der Waals surface area contributed by atoms with Gasteiger partial charge in [0, 0.05) is 6.07 Å². The first-order valence-electron chi connectivity index (χ1n) is 8.71. The molecule has 0 fully saturated rings. The summed E-state index contributed by atoms with van der Waals surface area (Å²) in [5.41, 5.74) is 1.78. The van der Waals surface area contributed by atoms with Crippen LogP contribution in [0.15, 0.2) is 59.5 Å². The predicted molar refractivity (Wildman–Crippen MR) is 106 cm³/mol. The second-order valence-corrected chi connectivity index (χ2v) is 7.07. The van der Waals surface area contributed by atoms with E-state index in [0.717, 1.165) is 17.7 Å². The van der Waals surface area contributed by atoms with Crippen LogP contribution in [-0.2, 0) is 9.59 Å². The summed E-state index contributed by atoms with van der Waals surface area (Å²) in [6.07, 6.45) is 0.892. The van der Waals surface area contributed by atoms with Crippen LogP contribution in [-0.4, -0.2) is 24.2 Å². The molecule has 0 bridgehead atoms. The Bertz CT molecular complexity index is 845. The number of ether oxygens (including phenoxy) is 1. The monoisotopic (exact) mass is 367 g/mol. The second kappa shape index (κ2) is 8.23. The molecule has 134 valence electrons. The molecule has 0 atom stereocenters. The molecule has 0 aromatic heterocycles. The van der Waals surface area contributed by atoms with Gasteiger partial charge in [-0.05, 0) is 29.9 Å². The summed E-state index contributed by atoms with van der Waals surface area (Å²) < 4.78 is 5.64. The van der Waals surface area contributed by atoms with Crippen molar-refractivity contribution in [1.82, 2.24) is 0 Å². The fourth-order valence-electron chi connectivity index (χ4n) is 2.81. The summed E-state index contributed by atoms with van der Waals surface area (Å²) in [4.78, 5) is 27.9. The maximum Gasteiger partial charge on any atom is 0.272 e. The molecule has 0 N–H and O–H groups in total. The van der Waals surface area contributed by atoms with Crippen molar-refractivity contribution in [3.8, 4) is 5.75 Å². The number of hydrogen-bond donors (Lipinski definition) is 0. The minimum atomic E-state index is -0.287. The molecule has 0 aliphatic carbocycles. The van der Waals surface area contributed by atoms with Crippen LogP contribution in [0.1, 0.15) is 25.8 Å². The van der Waals surface area contributed by atoms with Gasteiger partial charge in [-0.25, -0.2) is 4.90 Å². The van der Waals surface area contributed by atoms with Crippen molar-refractivity contribution in [2.24, 2.45) is 0 Å². The first kappa shape index (κ1) is 18.3. The molecule has 5 heteroatoms. The SMILES string of the molecule is CCCOc1cccc(N2C(=O)C(SCC)=C(c3ccccc3)C2=O)c1. The molecule has 26 heavy (non-hydrogen) atoms. The van der Waals surface area contributed by atoms with E-state index in [9.17, 15) is 9.59 Å². The van der Waals surface area contributed by atoms with E-state index in [4.69, 9.17) is 4.74 Å². The summed E-state index contributed by atoms with van der Waals surface area (Å²) in [6, 6.07) is 16.5. The number of benzene rings is 2. The largest absolute Gasteiger partial charge is 0.494 e. The van der Waals surface area contributed by atoms with E-state index >= 15 is 0 Å². The zero-order valence-corrected chi connectivity index (χ0v) is 15.7. The molecule has 0 saturated heterocycles. The normalized spacial score (nSPS) is 14.3. The van der Waals surface area contributed by atoms with Gasteiger partial charge < -0.3 is 4.74 Å². The van der Waals surface area contributed by atoms with E-state index in [1.54, 1.807) is 18.2 Å². The third kappa shape index (κ3) is 3.53. The van der Waals surface area contributed by atoms with Gasteiger partial charge in [-0.3, -0.25) is 9.59 Å². The summed E-state index contributed by atoms with van der Waals surface area (Å²) in [6.45, 7) is 4.59. The lowest BCUT2D eigenvalue weighted by atomic mass is 10.1. The van der Waals surface area contributed by atoms with Crippen LogP contribution in [0.25, 0.3) is 5.57 Å². The Morgan fingerprint density at radius 3 is 2.42 bits per heavy atom. The number of rotatable bonds is 7. The predicted octanol–water partition coefficient (Wildman–Crippen LogP) is 4.51. The van der Waals surface area contributed by atoms with Gasteiger partial charge in [0.2, 0.25) is 0 Å². The Morgan fingerprint density at radius 1 is 0.962 bits per heavy atom. The van der Waals surface area contributed by atoms with Crippen LogP contribution in [0.4, 0.5) is 5.69 Å². The number of carbonyl (C=O) groups is 2. The molecule has 0 unspecified atom stereocenters. The number of amides is 2. The van der Waals surface area contributed by atoms with Crippen molar-refractivity contribution < 1.29 is 14.3 Å². The van der Waals surface area contributed by atoms with Crippen LogP contribution in [0, 0.1) is 0 Å². The Hall–Kier alpha value is -2.53. The smallest absolute Gasteiger partial charge is 0.272 e. The van der Waals surface area contributed by atoms with Crippen molar-refractivity contribution in [2.75, 3.05) is 17.3 Å². The molecule has 1 aliphatic heterocycles. The van der Waals surface area contributed by atoms with Crippen molar-refractivity contribution in [3.05, 3.63) is 65.1 Å². The van der Waals surface area contributed by atoms with Crippen molar-refractivity contribution in [3.63, 3.8) is 0 Å². The molecular weight excluding hydrogens is 346 g/mol. The van der Waals surface area contributed by atoms with Crippen LogP contribution in [0.3, 0.4) is 0 Å². The Balaban J connectivity index is 1.99. The Morgan fingerprint density at radius 2 is 1.73 bits per heavy atom. The first-order chi connectivity index (χ1) is 12.7. The quantitative estimate of drug-likeness (QED) is 0.676. The highest BCUT2D eigenvalue weighted by molar-refractivity contribution is 8.04. The number of hydrogen-bond acceptors (Lipinski definition) is 4. The van der Waals surface area contributed by atoms with Gasteiger partial charge in [-0.15, -0.1) is 11.8 Å². The van der Waals surface area contributed by atoms with E-state index in [1.165, 1.54) is 16.7 Å². The van der Waals surface area contributed by atoms with Gasteiger partial charge in [0.05, 0.1) is 22.8 Å². The number of carbonyl (C=O) groups excluding carboxylic acids is 2. The van der Waals surface area contributed by atoms with E-state index in [-0.39, 0.29) is 11.8 Å². The van der Waals surface area contributed by atoms with E-state index in [2.05, 4.69) is 0 Å². The maximum absolute atomic E-state index is 13.1. The molecule has 0 radical (unpaired) electrons. The summed E-state index contributed by atoms with van der Waals surface area (Å²) >= 11 is 1.41. The fourth-order valence-corrected chi connectivity index (χ4v) is 3.67. The lowest BCUT2D eigenvalue weighted by molar-refractivity contribution is -0.119. The van der Waals surface area contributed by atoms with Crippen molar-refractivity contribution in [2.45, 2.75) is 20.3 Å². The minimum absolute atomic E-state index is 0.270. The minimum Gasteiger partial charge on any atom is -0.494 e. The summed E-state index contributed by atoms with van der Waals surface area (Å²) in [7, 11) is 0. The van der Waals surface area contributed by atoms with Gasteiger partial charge in [0.15, 0.2) is 0 Å². The molecule has 3 rings (SSSR count). The molecule has 1 aliphatic rings. The molecular formula is C21H21NO3S.